The highest BCUT2D eigenvalue weighted by Crippen LogP contribution is 2.26. The molecule has 0 saturated carbocycles. The van der Waals surface area contributed by atoms with E-state index in [2.05, 4.69) is 5.32 Å². The summed E-state index contributed by atoms with van der Waals surface area (Å²) in [7, 11) is 1.58. The van der Waals surface area contributed by atoms with E-state index < -0.39 is 10.9 Å². The third-order valence-corrected chi connectivity index (χ3v) is 2.76. The Morgan fingerprint density at radius 3 is 2.67 bits per heavy atom. The number of nitro benzene ring substituents is 1. The summed E-state index contributed by atoms with van der Waals surface area (Å²) in [6.07, 6.45) is 0.330. The van der Waals surface area contributed by atoms with Crippen molar-refractivity contribution < 1.29 is 19.6 Å². The van der Waals surface area contributed by atoms with Gasteiger partial charge in [-0.3, -0.25) is 19.7 Å². The summed E-state index contributed by atoms with van der Waals surface area (Å²) in [6.45, 7) is 0.216. The van der Waals surface area contributed by atoms with Gasteiger partial charge in [-0.2, -0.15) is 0 Å². The number of amides is 1. The van der Waals surface area contributed by atoms with Gasteiger partial charge in [0, 0.05) is 26.1 Å². The molecule has 8 heteroatoms. The lowest BCUT2D eigenvalue weighted by molar-refractivity contribution is -0.384. The predicted molar refractivity (Wildman–Crippen MR) is 76.2 cm³/mol. The number of aliphatic carboxylic acids is 1. The summed E-state index contributed by atoms with van der Waals surface area (Å²) in [6, 6.07) is 6.15. The first kappa shape index (κ1) is 16.4. The average Bonchev–Trinajstić information content (AvgIpc) is 2.43. The maximum absolute atomic E-state index is 11.7. The zero-order chi connectivity index (χ0) is 15.8. The molecule has 2 N–H and O–H groups in total. The fourth-order valence-electron chi connectivity index (χ4n) is 1.77. The van der Waals surface area contributed by atoms with Gasteiger partial charge in [-0.05, 0) is 12.5 Å². The van der Waals surface area contributed by atoms with E-state index >= 15 is 0 Å². The molecule has 0 bridgehead atoms. The van der Waals surface area contributed by atoms with E-state index in [0.717, 1.165) is 0 Å². The third kappa shape index (κ3) is 5.47. The summed E-state index contributed by atoms with van der Waals surface area (Å²) in [5, 5.41) is 22.0. The fourth-order valence-corrected chi connectivity index (χ4v) is 1.77. The van der Waals surface area contributed by atoms with Gasteiger partial charge in [-0.25, -0.2) is 0 Å². The maximum atomic E-state index is 11.7. The second-order valence-corrected chi connectivity index (χ2v) is 4.45. The number of nitrogens with zero attached hydrogens (tertiary/aromatic N) is 2. The number of anilines is 1. The van der Waals surface area contributed by atoms with E-state index in [1.807, 2.05) is 0 Å². The second kappa shape index (κ2) is 7.83. The molecule has 0 fully saturated rings. The van der Waals surface area contributed by atoms with Crippen LogP contribution in [0.25, 0.3) is 0 Å². The molecule has 1 aromatic rings. The first-order valence-electron chi connectivity index (χ1n) is 6.35. The number of nitrogens with one attached hydrogen (secondary N) is 1. The molecule has 0 aliphatic carbocycles. The molecule has 1 rings (SSSR count). The van der Waals surface area contributed by atoms with Crippen LogP contribution >= 0.6 is 0 Å². The van der Waals surface area contributed by atoms with Crippen molar-refractivity contribution in [3.63, 3.8) is 0 Å². The quantitative estimate of drug-likeness (QED) is 0.420. The van der Waals surface area contributed by atoms with Crippen LogP contribution in [-0.4, -0.2) is 42.0 Å². The van der Waals surface area contributed by atoms with Crippen molar-refractivity contribution in [2.75, 3.05) is 25.0 Å². The summed E-state index contributed by atoms with van der Waals surface area (Å²) in [4.78, 5) is 33.9. The topological polar surface area (TPSA) is 113 Å². The highest BCUT2D eigenvalue weighted by Gasteiger charge is 2.17. The van der Waals surface area contributed by atoms with Crippen molar-refractivity contribution in [1.82, 2.24) is 5.32 Å². The number of carbonyl (C=O) groups is 2. The van der Waals surface area contributed by atoms with E-state index in [-0.39, 0.29) is 31.1 Å². The van der Waals surface area contributed by atoms with Crippen molar-refractivity contribution in [2.45, 2.75) is 12.8 Å². The molecule has 0 atom stereocenters. The second-order valence-electron chi connectivity index (χ2n) is 4.45. The zero-order valence-corrected chi connectivity index (χ0v) is 11.6. The first-order chi connectivity index (χ1) is 9.91. The van der Waals surface area contributed by atoms with E-state index in [1.165, 1.54) is 11.0 Å². The van der Waals surface area contributed by atoms with Gasteiger partial charge in [0.2, 0.25) is 5.91 Å². The third-order valence-electron chi connectivity index (χ3n) is 2.76. The number of carbonyl (C=O) groups excluding carboxylic acids is 1. The minimum Gasteiger partial charge on any atom is -0.481 e. The summed E-state index contributed by atoms with van der Waals surface area (Å²) >= 11 is 0. The number of likely N-dealkylation sites (N-methyl/N-ethyl adjacent to an activating group) is 1. The molecule has 1 amide bonds. The van der Waals surface area contributed by atoms with E-state index in [1.54, 1.807) is 25.2 Å². The Balaban J connectivity index is 2.53. The number of nitro groups is 1. The molecule has 0 heterocycles. The van der Waals surface area contributed by atoms with Gasteiger partial charge in [-0.15, -0.1) is 0 Å². The molecule has 0 aromatic heterocycles. The Labute approximate surface area is 121 Å². The Kier molecular flexibility index (Phi) is 6.12. The lowest BCUT2D eigenvalue weighted by Gasteiger charge is -2.18. The Bertz CT molecular complexity index is 532. The number of hydrogen-bond donors (Lipinski definition) is 2. The summed E-state index contributed by atoms with van der Waals surface area (Å²) < 4.78 is 0. The molecular formula is C13H17N3O5. The van der Waals surface area contributed by atoms with Gasteiger partial charge in [0.25, 0.3) is 5.69 Å². The Morgan fingerprint density at radius 2 is 2.05 bits per heavy atom. The Hall–Kier alpha value is -2.64. The zero-order valence-electron chi connectivity index (χ0n) is 11.6. The molecule has 1 aromatic carbocycles. The van der Waals surface area contributed by atoms with Gasteiger partial charge in [0.05, 0.1) is 11.5 Å². The number of rotatable bonds is 8. The molecule has 21 heavy (non-hydrogen) atoms. The van der Waals surface area contributed by atoms with Crippen LogP contribution in [-0.2, 0) is 9.59 Å². The molecule has 114 valence electrons. The van der Waals surface area contributed by atoms with Crippen molar-refractivity contribution in [1.29, 1.82) is 0 Å². The minimum absolute atomic E-state index is 0.0136. The van der Waals surface area contributed by atoms with Crippen molar-refractivity contribution in [2.24, 2.45) is 0 Å². The number of carboxylic acid groups (broad SMARTS) is 1. The standard InChI is InChI=1S/C13H17N3O5/c1-15(9-12(17)14-8-4-7-13(18)19)10-5-2-3-6-11(10)16(20)21/h2-3,5-6H,4,7-9H2,1H3,(H,14,17)(H,18,19). The highest BCUT2D eigenvalue weighted by atomic mass is 16.6. The number of para-hydroxylation sites is 2. The number of carboxylic acids is 1. The van der Waals surface area contributed by atoms with Gasteiger partial charge in [0.15, 0.2) is 0 Å². The van der Waals surface area contributed by atoms with E-state index in [0.29, 0.717) is 12.1 Å². The molecule has 0 saturated heterocycles. The van der Waals surface area contributed by atoms with Crippen molar-refractivity contribution in [3.05, 3.63) is 34.4 Å². The number of hydrogen-bond acceptors (Lipinski definition) is 5. The fraction of sp³-hybridized carbons (Fsp3) is 0.385. The monoisotopic (exact) mass is 295 g/mol. The maximum Gasteiger partial charge on any atom is 0.303 e. The van der Waals surface area contributed by atoms with Crippen molar-refractivity contribution >= 4 is 23.3 Å². The van der Waals surface area contributed by atoms with E-state index in [4.69, 9.17) is 5.11 Å². The molecule has 0 radical (unpaired) electrons. The van der Waals surface area contributed by atoms with Crippen LogP contribution in [0.3, 0.4) is 0 Å². The van der Waals surface area contributed by atoms with Gasteiger partial charge in [0.1, 0.15) is 5.69 Å². The normalized spacial score (nSPS) is 9.95. The molecule has 0 aliphatic rings. The lowest BCUT2D eigenvalue weighted by atomic mass is 10.2. The molecule has 0 unspecified atom stereocenters. The highest BCUT2D eigenvalue weighted by molar-refractivity contribution is 5.82. The predicted octanol–water partition coefficient (Wildman–Crippen LogP) is 1.01. The molecule has 8 nitrogen and oxygen atoms in total. The minimum atomic E-state index is -0.915. The van der Waals surface area contributed by atoms with Gasteiger partial charge >= 0.3 is 5.97 Å². The van der Waals surface area contributed by atoms with Crippen LogP contribution in [0.2, 0.25) is 0 Å². The van der Waals surface area contributed by atoms with Crippen LogP contribution in [0.15, 0.2) is 24.3 Å². The molecule has 0 spiro atoms. The van der Waals surface area contributed by atoms with E-state index in [9.17, 15) is 19.7 Å². The molecular weight excluding hydrogens is 278 g/mol. The SMILES string of the molecule is CN(CC(=O)NCCCC(=O)O)c1ccccc1[N+](=O)[O-]. The summed E-state index contributed by atoms with van der Waals surface area (Å²) in [5.41, 5.74) is 0.280. The smallest absolute Gasteiger partial charge is 0.303 e. The van der Waals surface area contributed by atoms with Gasteiger partial charge in [-0.1, -0.05) is 12.1 Å². The van der Waals surface area contributed by atoms with Crippen LogP contribution in [0.4, 0.5) is 11.4 Å². The molecule has 0 aliphatic heterocycles. The van der Waals surface area contributed by atoms with Crippen LogP contribution < -0.4 is 10.2 Å². The van der Waals surface area contributed by atoms with Crippen LogP contribution in [0.1, 0.15) is 12.8 Å². The van der Waals surface area contributed by atoms with Crippen LogP contribution in [0, 0.1) is 10.1 Å². The first-order valence-corrected chi connectivity index (χ1v) is 6.35. The van der Waals surface area contributed by atoms with Crippen LogP contribution in [0.5, 0.6) is 0 Å². The lowest BCUT2D eigenvalue weighted by Crippen LogP contribution is -2.36. The van der Waals surface area contributed by atoms with Gasteiger partial charge < -0.3 is 15.3 Å². The summed E-state index contributed by atoms with van der Waals surface area (Å²) in [5.74, 6) is -1.23. The van der Waals surface area contributed by atoms with Crippen molar-refractivity contribution in [3.8, 4) is 0 Å². The Morgan fingerprint density at radius 1 is 1.38 bits per heavy atom. The average molecular weight is 295 g/mol. The largest absolute Gasteiger partial charge is 0.481 e. The number of benzene rings is 1.